The highest BCUT2D eigenvalue weighted by Gasteiger charge is 2.41. The zero-order chi connectivity index (χ0) is 57.4. The van der Waals surface area contributed by atoms with Gasteiger partial charge in [-0.3, -0.25) is 57.9 Å². The molecule has 3 aliphatic heterocycles. The molecule has 79 heavy (non-hydrogen) atoms. The Labute approximate surface area is 460 Å². The van der Waals surface area contributed by atoms with Crippen molar-refractivity contribution in [3.05, 3.63) is 60.2 Å². The number of nitrogens with one attached hydrogen (secondary N) is 4. The Kier molecular flexibility index (Phi) is 23.8. The molecule has 0 bridgehead atoms. The number of esters is 2. The standard InChI is InChI=1S/C52H72N12O14.CH4/c1-31(2)43-51(75)77-29-35(57-45(69)33-17-9-13-21-53-33)49(73)63-23-15-11-19-37(63)47(71)56-26-40(66)60(6)28-42(68)62(8)44(32(3)4)52(76)78-30-36(58-46(70)34-18-10-14-22-54-34)50(74)64-24-16-12-20-38(64)48(72)55-25-39(65)59(5)27-41(67)61(43)7;/h9-10,13-14,17-18,21-22,31-32,35-38,43-44H,11-12,15-16,19-20,23-30H2,1-8H3,(H,55,72)(H,56,71)(H,57,69)(H,58,70);1H4/t35-,36-,37+,38+,43+,44+;/m1./s1. The summed E-state index contributed by atoms with van der Waals surface area (Å²) in [5, 5.41) is 10.2. The number of rotatable bonds is 6. The van der Waals surface area contributed by atoms with E-state index in [0.717, 1.165) is 19.6 Å². The molecule has 0 unspecified atom stereocenters. The average Bonchev–Trinajstić information content (AvgIpc) is 3.43. The predicted octanol–water partition coefficient (Wildman–Crippen LogP) is -1.01. The van der Waals surface area contributed by atoms with Crippen LogP contribution in [0.4, 0.5) is 0 Å². The Bertz CT molecular complexity index is 2360. The van der Waals surface area contributed by atoms with Crippen LogP contribution in [0.5, 0.6) is 0 Å². The molecule has 0 spiro atoms. The highest BCUT2D eigenvalue weighted by atomic mass is 16.5. The third-order valence-electron chi connectivity index (χ3n) is 13.8. The lowest BCUT2D eigenvalue weighted by molar-refractivity contribution is -0.159. The van der Waals surface area contributed by atoms with Gasteiger partial charge in [-0.2, -0.15) is 0 Å². The molecule has 6 atom stereocenters. The van der Waals surface area contributed by atoms with E-state index in [0.29, 0.717) is 25.7 Å². The number of carbonyl (C=O) groups excluding carboxylic acids is 12. The van der Waals surface area contributed by atoms with Crippen LogP contribution in [0.3, 0.4) is 0 Å². The summed E-state index contributed by atoms with van der Waals surface area (Å²) < 4.78 is 11.4. The zero-order valence-corrected chi connectivity index (χ0v) is 45.4. The highest BCUT2D eigenvalue weighted by Crippen LogP contribution is 2.22. The number of cyclic esters (lactones) is 2. The van der Waals surface area contributed by atoms with Crippen molar-refractivity contribution < 1.29 is 67.0 Å². The lowest BCUT2D eigenvalue weighted by atomic mass is 10.00. The summed E-state index contributed by atoms with van der Waals surface area (Å²) in [6.45, 7) is 2.84. The van der Waals surface area contributed by atoms with Crippen LogP contribution in [0.1, 0.15) is 94.6 Å². The maximum absolute atomic E-state index is 14.5. The number of amides is 10. The minimum Gasteiger partial charge on any atom is -0.461 e. The summed E-state index contributed by atoms with van der Waals surface area (Å²) >= 11 is 0. The number of hydrogen-bond acceptors (Lipinski definition) is 16. The molecule has 3 aliphatic rings. The van der Waals surface area contributed by atoms with E-state index in [9.17, 15) is 57.5 Å². The van der Waals surface area contributed by atoms with Crippen LogP contribution < -0.4 is 21.3 Å². The van der Waals surface area contributed by atoms with Gasteiger partial charge >= 0.3 is 11.9 Å². The number of fused-ring (bicyclic) bond motifs is 2. The quantitative estimate of drug-likeness (QED) is 0.252. The Morgan fingerprint density at radius 3 is 1.25 bits per heavy atom. The molecule has 5 heterocycles. The number of pyridine rings is 2. The largest absolute Gasteiger partial charge is 0.461 e. The second-order valence-electron chi connectivity index (χ2n) is 20.2. The van der Waals surface area contributed by atoms with Crippen LogP contribution in [0, 0.1) is 11.8 Å². The average molecular weight is 1110 g/mol. The molecule has 10 amide bonds. The van der Waals surface area contributed by atoms with Crippen molar-refractivity contribution in [1.29, 1.82) is 0 Å². The van der Waals surface area contributed by atoms with E-state index >= 15 is 0 Å². The molecule has 3 fully saturated rings. The summed E-state index contributed by atoms with van der Waals surface area (Å²) in [5.41, 5.74) is -0.133. The van der Waals surface area contributed by atoms with Gasteiger partial charge in [-0.15, -0.1) is 0 Å². The van der Waals surface area contributed by atoms with E-state index in [2.05, 4.69) is 31.2 Å². The van der Waals surface area contributed by atoms with E-state index in [1.807, 2.05) is 0 Å². The zero-order valence-electron chi connectivity index (χ0n) is 45.4. The SMILES string of the molecule is C.CC(C)[C@H]1C(=O)OC[C@@H](NC(=O)c2ccccn2)C(=O)N2CCCC[C@H]2C(=O)NCC(=O)N(C)CC(=O)N(C)[C@@H](C(C)C)C(=O)OC[C@@H](NC(=O)c2ccccn2)C(=O)N2CCCC[C@H]2C(=O)NCC(=O)N(C)CC(=O)N1C. The molecule has 0 saturated carbocycles. The van der Waals surface area contributed by atoms with Gasteiger partial charge in [0.1, 0.15) is 60.9 Å². The molecule has 0 radical (unpaired) electrons. The molecule has 26 nitrogen and oxygen atoms in total. The summed E-state index contributed by atoms with van der Waals surface area (Å²) in [5.74, 6) is -10.5. The maximum Gasteiger partial charge on any atom is 0.329 e. The van der Waals surface area contributed by atoms with E-state index in [-0.39, 0.29) is 44.7 Å². The fraction of sp³-hybridized carbons (Fsp3) is 0.585. The summed E-state index contributed by atoms with van der Waals surface area (Å²) in [4.78, 5) is 181. The topological polar surface area (TPSA) is 317 Å². The van der Waals surface area contributed by atoms with Crippen molar-refractivity contribution in [2.24, 2.45) is 11.8 Å². The van der Waals surface area contributed by atoms with Gasteiger partial charge in [0.25, 0.3) is 11.8 Å². The smallest absolute Gasteiger partial charge is 0.329 e. The number of hydrogen-bond donors (Lipinski definition) is 4. The third-order valence-corrected chi connectivity index (χ3v) is 13.8. The van der Waals surface area contributed by atoms with Crippen molar-refractivity contribution in [3.63, 3.8) is 0 Å². The van der Waals surface area contributed by atoms with Crippen LogP contribution in [0.15, 0.2) is 48.8 Å². The van der Waals surface area contributed by atoms with Crippen LogP contribution in [-0.2, 0) is 57.4 Å². The fourth-order valence-corrected chi connectivity index (χ4v) is 9.35. The number of nitrogens with zero attached hydrogens (tertiary/aromatic N) is 8. The van der Waals surface area contributed by atoms with E-state index in [1.54, 1.807) is 52.0 Å². The molecule has 4 N–H and O–H groups in total. The third kappa shape index (κ3) is 17.0. The molecule has 5 rings (SSSR count). The van der Waals surface area contributed by atoms with Gasteiger partial charge in [0.15, 0.2) is 0 Å². The monoisotopic (exact) mass is 1100 g/mol. The minimum atomic E-state index is -1.57. The first-order valence-corrected chi connectivity index (χ1v) is 25.9. The molecule has 2 aromatic rings. The highest BCUT2D eigenvalue weighted by molar-refractivity contribution is 6.00. The summed E-state index contributed by atoms with van der Waals surface area (Å²) in [6.07, 6.45) is 5.00. The number of likely N-dealkylation sites (N-methyl/N-ethyl adjacent to an activating group) is 4. The second kappa shape index (κ2) is 29.6. The van der Waals surface area contributed by atoms with Crippen molar-refractivity contribution >= 4 is 71.0 Å². The molecule has 0 aliphatic carbocycles. The van der Waals surface area contributed by atoms with E-state index in [1.165, 1.54) is 62.5 Å². The van der Waals surface area contributed by atoms with Crippen LogP contribution in [-0.4, -0.2) is 227 Å². The van der Waals surface area contributed by atoms with Crippen LogP contribution in [0.25, 0.3) is 0 Å². The maximum atomic E-state index is 14.5. The van der Waals surface area contributed by atoms with Crippen LogP contribution in [0.2, 0.25) is 0 Å². The lowest BCUT2D eigenvalue weighted by Gasteiger charge is -2.37. The van der Waals surface area contributed by atoms with Gasteiger partial charge < -0.3 is 60.1 Å². The first-order chi connectivity index (χ1) is 37.0. The molecule has 26 heteroatoms. The van der Waals surface area contributed by atoms with Gasteiger partial charge in [-0.1, -0.05) is 47.3 Å². The first kappa shape index (κ1) is 63.5. The first-order valence-electron chi connectivity index (χ1n) is 25.9. The van der Waals surface area contributed by atoms with Crippen LogP contribution >= 0.6 is 0 Å². The normalized spacial score (nSPS) is 24.0. The summed E-state index contributed by atoms with van der Waals surface area (Å²) in [6, 6.07) is 1.09. The fourth-order valence-electron chi connectivity index (χ4n) is 9.35. The van der Waals surface area contributed by atoms with Gasteiger partial charge in [0.2, 0.25) is 47.3 Å². The van der Waals surface area contributed by atoms with Gasteiger partial charge in [-0.05, 0) is 74.6 Å². The van der Waals surface area contributed by atoms with Crippen molar-refractivity contribution in [2.45, 2.75) is 110 Å². The Hall–Kier alpha value is -8.06. The lowest BCUT2D eigenvalue weighted by Crippen LogP contribution is -2.59. The van der Waals surface area contributed by atoms with Crippen molar-refractivity contribution in [3.8, 4) is 0 Å². The van der Waals surface area contributed by atoms with E-state index < -0.39 is 158 Å². The van der Waals surface area contributed by atoms with Gasteiger partial charge in [0.05, 0.1) is 26.2 Å². The number of carbonyl (C=O) groups is 12. The molecule has 0 aromatic carbocycles. The molecular formula is C53H76N12O14. The molecule has 432 valence electrons. The Balaban J connectivity index is 0.0000134. The van der Waals surface area contributed by atoms with E-state index in [4.69, 9.17) is 9.47 Å². The van der Waals surface area contributed by atoms with Gasteiger partial charge in [-0.25, -0.2) is 9.59 Å². The number of piperidine rings is 2. The summed E-state index contributed by atoms with van der Waals surface area (Å²) in [7, 11) is 5.27. The van der Waals surface area contributed by atoms with Crippen molar-refractivity contribution in [2.75, 3.05) is 80.7 Å². The number of ether oxygens (including phenoxy) is 2. The van der Waals surface area contributed by atoms with Gasteiger partial charge in [0, 0.05) is 53.7 Å². The predicted molar refractivity (Wildman–Crippen MR) is 282 cm³/mol. The number of aromatic nitrogens is 2. The Morgan fingerprint density at radius 2 is 0.924 bits per heavy atom. The van der Waals surface area contributed by atoms with Crippen molar-refractivity contribution in [1.82, 2.24) is 60.6 Å². The minimum absolute atomic E-state index is 0. The molecule has 2 aromatic heterocycles. The Morgan fingerprint density at radius 1 is 0.557 bits per heavy atom. The molecule has 3 saturated heterocycles. The molecular weight excluding hydrogens is 1030 g/mol. The second-order valence-corrected chi connectivity index (χ2v) is 20.2.